The molecule has 1 amide bonds. The van der Waals surface area contributed by atoms with Gasteiger partial charge in [0.15, 0.2) is 0 Å². The van der Waals surface area contributed by atoms with Gasteiger partial charge < -0.3 is 29.6 Å². The topological polar surface area (TPSA) is 175 Å². The van der Waals surface area contributed by atoms with Crippen LogP contribution in [0.15, 0.2) is 61.1 Å². The summed E-state index contributed by atoms with van der Waals surface area (Å²) in [5.41, 5.74) is 0.0821. The van der Waals surface area contributed by atoms with Gasteiger partial charge in [0, 0.05) is 49.7 Å². The minimum Gasteiger partial charge on any atom is -0.619 e. The number of nitrogens with one attached hydrogen (secondary N) is 1. The van der Waals surface area contributed by atoms with Crippen LogP contribution in [0.5, 0.6) is 5.88 Å². The second-order valence-electron chi connectivity index (χ2n) is 12.8. The highest BCUT2D eigenvalue weighted by atomic mass is 32.2. The smallest absolute Gasteiger partial charge is 0.429 e. The van der Waals surface area contributed by atoms with Gasteiger partial charge in [-0.2, -0.15) is 14.0 Å². The molecule has 1 aliphatic carbocycles. The van der Waals surface area contributed by atoms with Crippen LogP contribution in [-0.4, -0.2) is 90.6 Å². The molecule has 0 spiro atoms. The minimum absolute atomic E-state index is 0.0308. The van der Waals surface area contributed by atoms with Crippen molar-refractivity contribution in [2.24, 2.45) is 0 Å². The molecule has 0 unspecified atom stereocenters. The van der Waals surface area contributed by atoms with Gasteiger partial charge in [-0.15, -0.1) is 0 Å². The molecule has 16 heteroatoms. The summed E-state index contributed by atoms with van der Waals surface area (Å²) >= 11 is 0. The second-order valence-corrected chi connectivity index (χ2v) is 14.6. The molecule has 0 atom stereocenters. The van der Waals surface area contributed by atoms with E-state index in [-0.39, 0.29) is 17.8 Å². The molecule has 1 saturated heterocycles. The second kappa shape index (κ2) is 14.4. The number of rotatable bonds is 10. The third-order valence-corrected chi connectivity index (χ3v) is 9.75. The Labute approximate surface area is 290 Å². The van der Waals surface area contributed by atoms with Gasteiger partial charge in [0.05, 0.1) is 42.3 Å². The van der Waals surface area contributed by atoms with Gasteiger partial charge >= 0.3 is 6.09 Å². The molecule has 264 valence electrons. The molecule has 1 aromatic carbocycles. The Kier molecular flexibility index (Phi) is 10.0. The molecule has 1 N–H and O–H groups in total. The molecule has 1 saturated carbocycles. The zero-order valence-corrected chi connectivity index (χ0v) is 29.0. The summed E-state index contributed by atoms with van der Waals surface area (Å²) in [6.07, 6.45) is 7.47. The molecule has 2 fully saturated rings. The highest BCUT2D eigenvalue weighted by molar-refractivity contribution is 7.92. The summed E-state index contributed by atoms with van der Waals surface area (Å²) in [5, 5.41) is 15.4. The summed E-state index contributed by atoms with van der Waals surface area (Å²) in [7, 11) is -4.19. The van der Waals surface area contributed by atoms with Crippen LogP contribution in [0.1, 0.15) is 45.1 Å². The molecule has 50 heavy (non-hydrogen) atoms. The van der Waals surface area contributed by atoms with Crippen LogP contribution < -0.4 is 19.3 Å². The maximum Gasteiger partial charge on any atom is 0.429 e. The predicted octanol–water partition coefficient (Wildman–Crippen LogP) is 4.74. The van der Waals surface area contributed by atoms with E-state index in [2.05, 4.69) is 31.9 Å². The van der Waals surface area contributed by atoms with Gasteiger partial charge in [0.1, 0.15) is 24.2 Å². The van der Waals surface area contributed by atoms with Gasteiger partial charge in [0.25, 0.3) is 0 Å². The lowest BCUT2D eigenvalue weighted by atomic mass is 9.93. The van der Waals surface area contributed by atoms with Crippen molar-refractivity contribution in [3.63, 3.8) is 0 Å². The van der Waals surface area contributed by atoms with Crippen molar-refractivity contribution in [1.82, 2.24) is 19.9 Å². The Hall–Kier alpha value is -5.09. The number of benzene rings is 1. The lowest BCUT2D eigenvalue weighted by Gasteiger charge is -2.31. The van der Waals surface area contributed by atoms with Crippen molar-refractivity contribution in [1.29, 1.82) is 0 Å². The summed E-state index contributed by atoms with van der Waals surface area (Å²) in [6, 6.07) is 11.6. The van der Waals surface area contributed by atoms with Gasteiger partial charge in [-0.1, -0.05) is 0 Å². The molecule has 15 nitrogen and oxygen atoms in total. The van der Waals surface area contributed by atoms with Crippen molar-refractivity contribution in [2.45, 2.75) is 57.3 Å². The maximum atomic E-state index is 13.7. The molecule has 4 heterocycles. The number of hydrogen-bond donors (Lipinski definition) is 1. The summed E-state index contributed by atoms with van der Waals surface area (Å²) in [5.74, 6) is 1.54. The number of pyridine rings is 2. The number of aromatic nitrogens is 4. The Morgan fingerprint density at radius 1 is 1.08 bits per heavy atom. The lowest BCUT2D eigenvalue weighted by molar-refractivity contribution is -0.349. The van der Waals surface area contributed by atoms with Gasteiger partial charge in [-0.05, 0) is 69.4 Å². The number of carbonyl (C=O) groups excluding carboxylic acids is 1. The SMILES string of the molecule is C=[N+]([O-])c1ccc(C(C)(C)OC(=O)N(c2cnc3cc(N4CCOCC4)nc(O[C@H]4CC[C@@H](Nc5ncccn5)CC4)c3c2)S(C)(=O)=O)cc1. The van der Waals surface area contributed by atoms with E-state index in [1.165, 1.54) is 24.4 Å². The van der Waals surface area contributed by atoms with Crippen molar-refractivity contribution in [3.8, 4) is 5.88 Å². The fraction of sp³-hybridized carbons (Fsp3) is 0.412. The first kappa shape index (κ1) is 34.8. The van der Waals surface area contributed by atoms with Crippen LogP contribution in [0.2, 0.25) is 0 Å². The van der Waals surface area contributed by atoms with E-state index >= 15 is 0 Å². The first-order chi connectivity index (χ1) is 23.9. The molecule has 1 aliphatic heterocycles. The van der Waals surface area contributed by atoms with Gasteiger partial charge in [-0.3, -0.25) is 4.98 Å². The summed E-state index contributed by atoms with van der Waals surface area (Å²) in [4.78, 5) is 33.8. The fourth-order valence-electron chi connectivity index (χ4n) is 6.04. The van der Waals surface area contributed by atoms with E-state index in [0.717, 1.165) is 31.9 Å². The third-order valence-electron chi connectivity index (χ3n) is 8.73. The highest BCUT2D eigenvalue weighted by Gasteiger charge is 2.34. The third kappa shape index (κ3) is 8.03. The minimum atomic E-state index is -4.19. The zero-order chi connectivity index (χ0) is 35.5. The van der Waals surface area contributed by atoms with Crippen molar-refractivity contribution >= 4 is 56.9 Å². The monoisotopic (exact) mass is 704 g/mol. The number of ether oxygens (including phenoxy) is 3. The van der Waals surface area contributed by atoms with E-state index in [1.54, 1.807) is 44.4 Å². The van der Waals surface area contributed by atoms with Crippen molar-refractivity contribution < 1.29 is 32.2 Å². The van der Waals surface area contributed by atoms with E-state index in [9.17, 15) is 18.4 Å². The Morgan fingerprint density at radius 2 is 1.76 bits per heavy atom. The van der Waals surface area contributed by atoms with Crippen molar-refractivity contribution in [3.05, 3.63) is 71.8 Å². The van der Waals surface area contributed by atoms with Crippen LogP contribution in [0.4, 0.5) is 27.9 Å². The molecule has 6 rings (SSSR count). The van der Waals surface area contributed by atoms with E-state index in [0.29, 0.717) is 75.1 Å². The molecule has 0 radical (unpaired) electrons. The van der Waals surface area contributed by atoms with E-state index < -0.39 is 21.7 Å². The normalized spacial score (nSPS) is 18.3. The largest absolute Gasteiger partial charge is 0.619 e. The number of morpholine rings is 1. The summed E-state index contributed by atoms with van der Waals surface area (Å²) in [6.45, 7) is 8.98. The number of amides is 1. The predicted molar refractivity (Wildman–Crippen MR) is 189 cm³/mol. The number of nitrogens with zero attached hydrogens (tertiary/aromatic N) is 7. The first-order valence-corrected chi connectivity index (χ1v) is 18.2. The first-order valence-electron chi connectivity index (χ1n) is 16.3. The molecular formula is C34H40N8O7S. The number of anilines is 3. The lowest BCUT2D eigenvalue weighted by Crippen LogP contribution is -2.40. The van der Waals surface area contributed by atoms with Crippen LogP contribution in [0.3, 0.4) is 0 Å². The quantitative estimate of drug-likeness (QED) is 0.104. The maximum absolute atomic E-state index is 13.7. The van der Waals surface area contributed by atoms with Crippen LogP contribution >= 0.6 is 0 Å². The van der Waals surface area contributed by atoms with Gasteiger partial charge in [0.2, 0.25) is 27.5 Å². The summed E-state index contributed by atoms with van der Waals surface area (Å²) < 4.78 is 45.2. The van der Waals surface area contributed by atoms with Gasteiger partial charge in [-0.25, -0.2) is 23.2 Å². The number of fused-ring (bicyclic) bond motifs is 1. The average molecular weight is 705 g/mol. The highest BCUT2D eigenvalue weighted by Crippen LogP contribution is 2.35. The van der Waals surface area contributed by atoms with Crippen LogP contribution in [0.25, 0.3) is 10.9 Å². The number of sulfonamides is 1. The van der Waals surface area contributed by atoms with Crippen LogP contribution in [-0.2, 0) is 25.1 Å². The Morgan fingerprint density at radius 3 is 2.40 bits per heavy atom. The van der Waals surface area contributed by atoms with E-state index in [1.807, 2.05) is 6.07 Å². The fourth-order valence-corrected chi connectivity index (χ4v) is 6.83. The molecule has 3 aromatic heterocycles. The Balaban J connectivity index is 1.28. The number of hydrogen-bond acceptors (Lipinski definition) is 13. The van der Waals surface area contributed by atoms with Crippen LogP contribution in [0, 0.1) is 5.21 Å². The number of carbonyl (C=O) groups is 1. The molecule has 4 aromatic rings. The molecule has 0 bridgehead atoms. The molecule has 2 aliphatic rings. The average Bonchev–Trinajstić information content (AvgIpc) is 3.09. The van der Waals surface area contributed by atoms with Crippen molar-refractivity contribution in [2.75, 3.05) is 47.1 Å². The Bertz CT molecular complexity index is 1950. The van der Waals surface area contributed by atoms with E-state index in [4.69, 9.17) is 19.2 Å². The zero-order valence-electron chi connectivity index (χ0n) is 28.2. The standard InChI is InChI=1S/C34H40N8O7S/c1-34(2,23-6-10-25(11-7-23)40(3)44)49-33(43)42(50(4,45)46)26-20-28-29(37-22-26)21-30(41-16-18-47-19-17-41)39-31(28)48-27-12-8-24(9-13-27)38-32-35-14-5-15-36-32/h5-7,10-11,14-15,20-22,24,27H,3,8-9,12-13,16-19H2,1-2,4H3,(H,35,36,38)/t24-,27+. The molecular weight excluding hydrogens is 664 g/mol.